The molecule has 5 nitrogen and oxygen atoms in total. The Morgan fingerprint density at radius 3 is 2.35 bits per heavy atom. The highest BCUT2D eigenvalue weighted by Gasteiger charge is 2.47. The molecule has 1 amide bonds. The molecule has 1 unspecified atom stereocenters. The quantitative estimate of drug-likeness (QED) is 0.365. The Bertz CT molecular complexity index is 1230. The number of Topliss-reactive ketones (excluding diaryl/α,β-unsaturated/α-hetero) is 1. The van der Waals surface area contributed by atoms with E-state index in [1.54, 1.807) is 25.1 Å². The molecule has 0 spiro atoms. The Kier molecular flexibility index (Phi) is 5.07. The second-order valence-corrected chi connectivity index (χ2v) is 7.56. The topological polar surface area (TPSA) is 77.8 Å². The first-order valence-electron chi connectivity index (χ1n) is 9.71. The smallest absolute Gasteiger partial charge is 0.300 e. The molecule has 6 heteroatoms. The van der Waals surface area contributed by atoms with Crippen molar-refractivity contribution in [2.24, 2.45) is 0 Å². The second-order valence-electron chi connectivity index (χ2n) is 7.56. The fraction of sp³-hybridized carbons (Fsp3) is 0.120. The minimum Gasteiger partial charge on any atom is -0.508 e. The number of aryl methyl sites for hydroxylation is 2. The van der Waals surface area contributed by atoms with Gasteiger partial charge < -0.3 is 10.2 Å². The molecule has 2 N–H and O–H groups in total. The Balaban J connectivity index is 1.99. The van der Waals surface area contributed by atoms with Crippen LogP contribution in [0.25, 0.3) is 5.76 Å². The van der Waals surface area contributed by atoms with E-state index < -0.39 is 23.5 Å². The van der Waals surface area contributed by atoms with Gasteiger partial charge in [0.15, 0.2) is 0 Å². The molecular formula is C25H20FNO4. The average molecular weight is 417 g/mol. The molecule has 0 aliphatic carbocycles. The summed E-state index contributed by atoms with van der Waals surface area (Å²) in [6.07, 6.45) is 0. The van der Waals surface area contributed by atoms with Gasteiger partial charge in [-0.3, -0.25) is 14.5 Å². The van der Waals surface area contributed by atoms with Gasteiger partial charge >= 0.3 is 0 Å². The van der Waals surface area contributed by atoms with Crippen LogP contribution in [0.4, 0.5) is 10.1 Å². The molecule has 4 rings (SSSR count). The van der Waals surface area contributed by atoms with E-state index in [0.29, 0.717) is 16.8 Å². The molecule has 1 fully saturated rings. The van der Waals surface area contributed by atoms with E-state index in [4.69, 9.17) is 0 Å². The Hall–Kier alpha value is -3.93. The summed E-state index contributed by atoms with van der Waals surface area (Å²) in [6, 6.07) is 15.8. The van der Waals surface area contributed by atoms with Crippen molar-refractivity contribution in [3.63, 3.8) is 0 Å². The van der Waals surface area contributed by atoms with Gasteiger partial charge in [-0.15, -0.1) is 0 Å². The van der Waals surface area contributed by atoms with E-state index in [1.165, 1.54) is 41.3 Å². The number of hydrogen-bond acceptors (Lipinski definition) is 4. The summed E-state index contributed by atoms with van der Waals surface area (Å²) in [5, 5.41) is 21.2. The van der Waals surface area contributed by atoms with E-state index in [0.717, 1.165) is 11.1 Å². The van der Waals surface area contributed by atoms with Crippen LogP contribution in [0.15, 0.2) is 72.3 Å². The molecule has 1 aliphatic rings. The fourth-order valence-corrected chi connectivity index (χ4v) is 3.85. The standard InChI is InChI=1S/C25H20FNO4/c1-14-6-7-15(2)20(12-14)23(29)21-22(16-4-3-5-19(28)13-16)27(25(31)24(21)30)18-10-8-17(26)9-11-18/h3-13,22,28-29H,1-2H3/b23-21+. The van der Waals surface area contributed by atoms with Crippen molar-refractivity contribution in [2.75, 3.05) is 4.90 Å². The number of nitrogens with zero attached hydrogens (tertiary/aromatic N) is 1. The third kappa shape index (κ3) is 3.57. The van der Waals surface area contributed by atoms with Crippen LogP contribution in [0.2, 0.25) is 0 Å². The van der Waals surface area contributed by atoms with Gasteiger partial charge in [-0.2, -0.15) is 0 Å². The molecule has 0 bridgehead atoms. The number of hydrogen-bond donors (Lipinski definition) is 2. The maximum atomic E-state index is 13.5. The molecule has 0 saturated carbocycles. The number of halogens is 1. The third-order valence-corrected chi connectivity index (χ3v) is 5.38. The van der Waals surface area contributed by atoms with Crippen LogP contribution < -0.4 is 4.90 Å². The lowest BCUT2D eigenvalue weighted by Gasteiger charge is -2.25. The van der Waals surface area contributed by atoms with Crippen LogP contribution in [0.5, 0.6) is 5.75 Å². The van der Waals surface area contributed by atoms with Crippen LogP contribution in [-0.2, 0) is 9.59 Å². The first-order chi connectivity index (χ1) is 14.8. The molecule has 1 heterocycles. The number of aromatic hydroxyl groups is 1. The maximum absolute atomic E-state index is 13.5. The monoisotopic (exact) mass is 417 g/mol. The van der Waals surface area contributed by atoms with Gasteiger partial charge in [0, 0.05) is 11.3 Å². The highest BCUT2D eigenvalue weighted by Crippen LogP contribution is 2.43. The molecule has 0 aromatic heterocycles. The van der Waals surface area contributed by atoms with E-state index in [1.807, 2.05) is 19.1 Å². The zero-order valence-electron chi connectivity index (χ0n) is 17.0. The summed E-state index contributed by atoms with van der Waals surface area (Å²) in [5.41, 5.74) is 2.72. The number of aliphatic hydroxyl groups excluding tert-OH is 1. The number of anilines is 1. The summed E-state index contributed by atoms with van der Waals surface area (Å²) < 4.78 is 13.5. The normalized spacial score (nSPS) is 17.9. The molecule has 0 radical (unpaired) electrons. The fourth-order valence-electron chi connectivity index (χ4n) is 3.85. The number of carbonyl (C=O) groups is 2. The van der Waals surface area contributed by atoms with Crippen molar-refractivity contribution in [3.8, 4) is 5.75 Å². The molecule has 156 valence electrons. The third-order valence-electron chi connectivity index (χ3n) is 5.38. The van der Waals surface area contributed by atoms with Crippen molar-refractivity contribution in [1.29, 1.82) is 0 Å². The number of phenols is 1. The molecule has 31 heavy (non-hydrogen) atoms. The second kappa shape index (κ2) is 7.72. The van der Waals surface area contributed by atoms with Gasteiger partial charge in [-0.1, -0.05) is 29.8 Å². The molecule has 3 aromatic carbocycles. The number of amides is 1. The number of aliphatic hydroxyl groups is 1. The van der Waals surface area contributed by atoms with Gasteiger partial charge in [-0.05, 0) is 67.4 Å². The maximum Gasteiger partial charge on any atom is 0.300 e. The van der Waals surface area contributed by atoms with E-state index >= 15 is 0 Å². The largest absolute Gasteiger partial charge is 0.508 e. The summed E-state index contributed by atoms with van der Waals surface area (Å²) in [4.78, 5) is 27.3. The predicted molar refractivity (Wildman–Crippen MR) is 115 cm³/mol. The van der Waals surface area contributed by atoms with Gasteiger partial charge in [0.1, 0.15) is 17.3 Å². The summed E-state index contributed by atoms with van der Waals surface area (Å²) in [6.45, 7) is 3.66. The molecular weight excluding hydrogens is 397 g/mol. The van der Waals surface area contributed by atoms with E-state index in [2.05, 4.69) is 0 Å². The zero-order chi connectivity index (χ0) is 22.3. The number of rotatable bonds is 3. The van der Waals surface area contributed by atoms with Gasteiger partial charge in [0.2, 0.25) is 0 Å². The summed E-state index contributed by atoms with van der Waals surface area (Å²) in [7, 11) is 0. The van der Waals surface area contributed by atoms with Crippen LogP contribution in [0.3, 0.4) is 0 Å². The van der Waals surface area contributed by atoms with Crippen LogP contribution in [-0.4, -0.2) is 21.9 Å². The lowest BCUT2D eigenvalue weighted by atomic mass is 9.93. The SMILES string of the molecule is Cc1ccc(C)c(/C(O)=C2\C(=O)C(=O)N(c3ccc(F)cc3)C2c2cccc(O)c2)c1. The van der Waals surface area contributed by atoms with Gasteiger partial charge in [-0.25, -0.2) is 4.39 Å². The Morgan fingerprint density at radius 1 is 0.968 bits per heavy atom. The highest BCUT2D eigenvalue weighted by atomic mass is 19.1. The van der Waals surface area contributed by atoms with Crippen molar-refractivity contribution in [1.82, 2.24) is 0 Å². The number of carbonyl (C=O) groups excluding carboxylic acids is 2. The van der Waals surface area contributed by atoms with Crippen LogP contribution in [0, 0.1) is 19.7 Å². The van der Waals surface area contributed by atoms with Crippen molar-refractivity contribution in [3.05, 3.63) is 100 Å². The van der Waals surface area contributed by atoms with Crippen molar-refractivity contribution >= 4 is 23.1 Å². The number of phenolic OH excluding ortho intramolecular Hbond substituents is 1. The molecule has 1 saturated heterocycles. The number of benzene rings is 3. The average Bonchev–Trinajstić information content (AvgIpc) is 3.01. The molecule has 1 aliphatic heterocycles. The Labute approximate surface area is 178 Å². The van der Waals surface area contributed by atoms with Crippen molar-refractivity contribution < 1.29 is 24.2 Å². The lowest BCUT2D eigenvalue weighted by molar-refractivity contribution is -0.132. The minimum atomic E-state index is -0.988. The summed E-state index contributed by atoms with van der Waals surface area (Å²) in [5.74, 6) is -2.51. The van der Waals surface area contributed by atoms with Gasteiger partial charge in [0.25, 0.3) is 11.7 Å². The highest BCUT2D eigenvalue weighted by molar-refractivity contribution is 6.51. The zero-order valence-corrected chi connectivity index (χ0v) is 17.0. The lowest BCUT2D eigenvalue weighted by Crippen LogP contribution is -2.29. The first-order valence-corrected chi connectivity index (χ1v) is 9.71. The first kappa shape index (κ1) is 20.3. The molecule has 3 aromatic rings. The predicted octanol–water partition coefficient (Wildman–Crippen LogP) is 4.77. The van der Waals surface area contributed by atoms with E-state index in [-0.39, 0.29) is 17.1 Å². The van der Waals surface area contributed by atoms with Crippen molar-refractivity contribution in [2.45, 2.75) is 19.9 Å². The van der Waals surface area contributed by atoms with Crippen LogP contribution in [0.1, 0.15) is 28.3 Å². The van der Waals surface area contributed by atoms with Crippen LogP contribution >= 0.6 is 0 Å². The number of ketones is 1. The van der Waals surface area contributed by atoms with Gasteiger partial charge in [0.05, 0.1) is 11.6 Å². The summed E-state index contributed by atoms with van der Waals surface area (Å²) >= 11 is 0. The van der Waals surface area contributed by atoms with E-state index in [9.17, 15) is 24.2 Å². The molecule has 1 atom stereocenters. The Morgan fingerprint density at radius 2 is 1.68 bits per heavy atom. The minimum absolute atomic E-state index is 0.0473.